The molecule has 0 atom stereocenters. The van der Waals surface area contributed by atoms with Crippen LogP contribution in [0, 0.1) is 5.41 Å². The third-order valence-electron chi connectivity index (χ3n) is 5.48. The van der Waals surface area contributed by atoms with Crippen LogP contribution in [-0.2, 0) is 33.7 Å². The van der Waals surface area contributed by atoms with Crippen molar-refractivity contribution in [2.45, 2.75) is 12.7 Å². The van der Waals surface area contributed by atoms with Crippen LogP contribution >= 0.6 is 17.2 Å². The second kappa shape index (κ2) is 11.1. The quantitative estimate of drug-likeness (QED) is 0.355. The van der Waals surface area contributed by atoms with Crippen molar-refractivity contribution in [2.75, 3.05) is 26.4 Å². The van der Waals surface area contributed by atoms with E-state index in [1.165, 1.54) is 0 Å². The van der Waals surface area contributed by atoms with Crippen LogP contribution in [0.15, 0.2) is 91.0 Å². The average molecular weight is 484 g/mol. The summed E-state index contributed by atoms with van der Waals surface area (Å²) in [5.41, 5.74) is 2.87. The summed E-state index contributed by atoms with van der Waals surface area (Å²) in [6, 6.07) is 30.2. The molecule has 3 aromatic rings. The lowest BCUT2D eigenvalue weighted by molar-refractivity contribution is -0.0786. The summed E-state index contributed by atoms with van der Waals surface area (Å²) in [6.07, 6.45) is -0.259. The maximum Gasteiger partial charge on any atom is 0.333 e. The highest BCUT2D eigenvalue weighted by Crippen LogP contribution is 2.55. The molecule has 172 valence electrons. The van der Waals surface area contributed by atoms with E-state index in [4.69, 9.17) is 27.1 Å². The molecule has 6 nitrogen and oxygen atoms in total. The minimum atomic E-state index is -1.49. The molecule has 5 rings (SSSR count). The van der Waals surface area contributed by atoms with E-state index in [0.717, 1.165) is 16.7 Å². The zero-order chi connectivity index (χ0) is 22.3. The second-order valence-electron chi connectivity index (χ2n) is 8.11. The Morgan fingerprint density at radius 1 is 0.636 bits per heavy atom. The van der Waals surface area contributed by atoms with Gasteiger partial charge in [0.25, 0.3) is 0 Å². The number of hydrogen-bond donors (Lipinski definition) is 0. The van der Waals surface area contributed by atoms with Crippen LogP contribution in [0.3, 0.4) is 0 Å². The molecule has 1 spiro atoms. The van der Waals surface area contributed by atoms with E-state index < -0.39 is 17.2 Å². The zero-order valence-corrected chi connectivity index (χ0v) is 19.9. The van der Waals surface area contributed by atoms with Gasteiger partial charge >= 0.3 is 17.2 Å². The van der Waals surface area contributed by atoms with E-state index in [1.54, 1.807) is 0 Å². The Balaban J connectivity index is 1.14. The molecule has 2 aliphatic heterocycles. The summed E-state index contributed by atoms with van der Waals surface area (Å²) in [5.74, 6) is 0. The first-order valence-electron chi connectivity index (χ1n) is 10.9. The predicted octanol–water partition coefficient (Wildman–Crippen LogP) is 6.54. The van der Waals surface area contributed by atoms with Gasteiger partial charge in [-0.1, -0.05) is 91.0 Å². The summed E-state index contributed by atoms with van der Waals surface area (Å²) in [7, 11) is -2.86. The van der Waals surface area contributed by atoms with Crippen molar-refractivity contribution in [3.05, 3.63) is 108 Å². The summed E-state index contributed by atoms with van der Waals surface area (Å²) in [4.78, 5) is 0. The van der Waals surface area contributed by atoms with Crippen molar-refractivity contribution < 1.29 is 27.1 Å². The normalized spacial score (nSPS) is 25.4. The van der Waals surface area contributed by atoms with Crippen molar-refractivity contribution in [1.29, 1.82) is 0 Å². The molecule has 0 unspecified atom stereocenters. The monoisotopic (exact) mass is 484 g/mol. The molecule has 2 fully saturated rings. The number of hydrogen-bond acceptors (Lipinski definition) is 6. The topological polar surface area (TPSA) is 55.4 Å². The van der Waals surface area contributed by atoms with E-state index in [-0.39, 0.29) is 11.5 Å². The molecule has 0 amide bonds. The Kier molecular flexibility index (Phi) is 7.78. The van der Waals surface area contributed by atoms with Crippen LogP contribution in [0.2, 0.25) is 0 Å². The SMILES string of the molecule is c1ccc(COP2OCC3(CO2)COP(OC(c2ccccc2)c2ccccc2)OC3)cc1. The molecule has 2 saturated heterocycles. The first-order chi connectivity index (χ1) is 16.3. The molecular formula is C25H26O6P2. The molecule has 3 aromatic carbocycles. The minimum Gasteiger partial charge on any atom is -0.311 e. The van der Waals surface area contributed by atoms with E-state index in [0.29, 0.717) is 33.0 Å². The Morgan fingerprint density at radius 3 is 1.61 bits per heavy atom. The fourth-order valence-electron chi connectivity index (χ4n) is 3.58. The maximum atomic E-state index is 6.32. The largest absolute Gasteiger partial charge is 0.333 e. The van der Waals surface area contributed by atoms with Gasteiger partial charge in [0.1, 0.15) is 6.10 Å². The third kappa shape index (κ3) is 6.05. The fraction of sp³-hybridized carbons (Fsp3) is 0.280. The molecule has 0 saturated carbocycles. The van der Waals surface area contributed by atoms with Gasteiger partial charge < -0.3 is 22.6 Å². The molecule has 0 radical (unpaired) electrons. The Morgan fingerprint density at radius 2 is 1.09 bits per heavy atom. The van der Waals surface area contributed by atoms with E-state index in [2.05, 4.69) is 24.3 Å². The molecule has 33 heavy (non-hydrogen) atoms. The van der Waals surface area contributed by atoms with Crippen molar-refractivity contribution in [3.8, 4) is 0 Å². The number of rotatable bonds is 7. The Labute approximate surface area is 196 Å². The predicted molar refractivity (Wildman–Crippen MR) is 127 cm³/mol. The third-order valence-corrected chi connectivity index (χ3v) is 7.56. The van der Waals surface area contributed by atoms with Crippen LogP contribution in [0.1, 0.15) is 22.8 Å². The lowest BCUT2D eigenvalue weighted by Crippen LogP contribution is -2.44. The Bertz CT molecular complexity index is 934. The summed E-state index contributed by atoms with van der Waals surface area (Å²) in [6.45, 7) is 2.31. The summed E-state index contributed by atoms with van der Waals surface area (Å²) < 4.78 is 35.9. The van der Waals surface area contributed by atoms with Crippen molar-refractivity contribution in [2.24, 2.45) is 5.41 Å². The molecular weight excluding hydrogens is 458 g/mol. The molecule has 8 heteroatoms. The molecule has 0 N–H and O–H groups in total. The summed E-state index contributed by atoms with van der Waals surface area (Å²) in [5, 5.41) is 0. The lowest BCUT2D eigenvalue weighted by atomic mass is 9.93. The highest BCUT2D eigenvalue weighted by atomic mass is 31.2. The molecule has 0 aromatic heterocycles. The summed E-state index contributed by atoms with van der Waals surface area (Å²) >= 11 is 0. The van der Waals surface area contributed by atoms with Gasteiger partial charge in [-0.3, -0.25) is 4.52 Å². The van der Waals surface area contributed by atoms with Crippen LogP contribution in [0.25, 0.3) is 0 Å². The average Bonchev–Trinajstić information content (AvgIpc) is 2.90. The maximum absolute atomic E-state index is 6.32. The van der Waals surface area contributed by atoms with Gasteiger partial charge in [-0.25, -0.2) is 0 Å². The molecule has 0 aliphatic carbocycles. The zero-order valence-electron chi connectivity index (χ0n) is 18.1. The van der Waals surface area contributed by atoms with Crippen molar-refractivity contribution >= 4 is 17.2 Å². The van der Waals surface area contributed by atoms with Gasteiger partial charge in [0, 0.05) is 0 Å². The van der Waals surface area contributed by atoms with Crippen LogP contribution in [-0.4, -0.2) is 26.4 Å². The van der Waals surface area contributed by atoms with Gasteiger partial charge in [0.15, 0.2) is 0 Å². The van der Waals surface area contributed by atoms with Gasteiger partial charge in [0.05, 0.1) is 38.4 Å². The van der Waals surface area contributed by atoms with Crippen LogP contribution in [0.5, 0.6) is 0 Å². The highest BCUT2D eigenvalue weighted by Gasteiger charge is 2.44. The van der Waals surface area contributed by atoms with Crippen molar-refractivity contribution in [1.82, 2.24) is 0 Å². The minimum absolute atomic E-state index is 0.259. The number of benzene rings is 3. The van der Waals surface area contributed by atoms with Gasteiger partial charge in [-0.15, -0.1) is 0 Å². The van der Waals surface area contributed by atoms with Gasteiger partial charge in [0.2, 0.25) is 0 Å². The first kappa shape index (κ1) is 23.0. The van der Waals surface area contributed by atoms with E-state index >= 15 is 0 Å². The molecule has 0 bridgehead atoms. The fourth-order valence-corrected chi connectivity index (χ4v) is 6.18. The molecule has 2 aliphatic rings. The lowest BCUT2D eigenvalue weighted by Gasteiger charge is -2.42. The van der Waals surface area contributed by atoms with Crippen molar-refractivity contribution in [3.63, 3.8) is 0 Å². The van der Waals surface area contributed by atoms with Gasteiger partial charge in [-0.05, 0) is 16.7 Å². The second-order valence-corrected chi connectivity index (χ2v) is 10.5. The van der Waals surface area contributed by atoms with E-state index in [1.807, 2.05) is 66.7 Å². The van der Waals surface area contributed by atoms with Crippen LogP contribution < -0.4 is 0 Å². The molecule has 2 heterocycles. The van der Waals surface area contributed by atoms with Gasteiger partial charge in [-0.2, -0.15) is 0 Å². The van der Waals surface area contributed by atoms with Crippen LogP contribution in [0.4, 0.5) is 0 Å². The Hall–Kier alpha value is -1.72. The highest BCUT2D eigenvalue weighted by molar-refractivity contribution is 7.42. The van der Waals surface area contributed by atoms with E-state index in [9.17, 15) is 0 Å². The first-order valence-corrected chi connectivity index (χ1v) is 13.0. The smallest absolute Gasteiger partial charge is 0.311 e. The standard InChI is InChI=1S/C25H26O6P2/c1-4-10-21(11-5-1)16-26-32-27-17-25(18-28-32)19-29-33(30-20-25)31-24(22-12-6-2-7-13-22)23-14-8-3-9-15-23/h1-15,24H,16-20H2.